The van der Waals surface area contributed by atoms with Crippen LogP contribution >= 0.6 is 0 Å². The van der Waals surface area contributed by atoms with Crippen molar-refractivity contribution in [1.29, 1.82) is 0 Å². The van der Waals surface area contributed by atoms with Crippen LogP contribution < -0.4 is 0 Å². The largest absolute Gasteiger partial charge is 0.252 e. The third-order valence-electron chi connectivity index (χ3n) is 5.21. The summed E-state index contributed by atoms with van der Waals surface area (Å²) in [4.78, 5) is 8.50. The first-order valence-electron chi connectivity index (χ1n) is 8.89. The number of halogens is 3. The molecule has 4 nitrogen and oxygen atoms in total. The van der Waals surface area contributed by atoms with Crippen LogP contribution in [0.3, 0.4) is 0 Å². The average molecular weight is 360 g/mol. The van der Waals surface area contributed by atoms with Gasteiger partial charge >= 0.3 is 0 Å². The van der Waals surface area contributed by atoms with Gasteiger partial charge in [-0.2, -0.15) is 10.1 Å². The molecular weight excluding hydrogens is 341 g/mol. The summed E-state index contributed by atoms with van der Waals surface area (Å²) in [5.74, 6) is -2.99. The normalized spacial score (nSPS) is 15.7. The van der Waals surface area contributed by atoms with E-state index in [-0.39, 0.29) is 5.56 Å². The molecule has 0 atom stereocenters. The van der Waals surface area contributed by atoms with Crippen LogP contribution in [0, 0.1) is 30.3 Å². The minimum Gasteiger partial charge on any atom is -0.216 e. The Labute approximate surface area is 149 Å². The smallest absolute Gasteiger partial charge is 0.216 e. The quantitative estimate of drug-likeness (QED) is 0.639. The van der Waals surface area contributed by atoms with Crippen molar-refractivity contribution in [2.75, 3.05) is 0 Å². The molecule has 1 saturated carbocycles. The summed E-state index contributed by atoms with van der Waals surface area (Å²) in [5, 5.41) is 4.23. The molecule has 136 valence electrons. The number of aromatic nitrogens is 4. The van der Waals surface area contributed by atoms with Crippen LogP contribution in [0.15, 0.2) is 18.5 Å². The van der Waals surface area contributed by atoms with Crippen LogP contribution in [0.2, 0.25) is 0 Å². The monoisotopic (exact) mass is 360 g/mol. The van der Waals surface area contributed by atoms with Crippen molar-refractivity contribution in [1.82, 2.24) is 19.6 Å². The van der Waals surface area contributed by atoms with Crippen LogP contribution in [0.25, 0.3) is 16.9 Å². The van der Waals surface area contributed by atoms with Gasteiger partial charge in [0, 0.05) is 11.1 Å². The van der Waals surface area contributed by atoms with Gasteiger partial charge in [-0.15, -0.1) is 0 Å². The zero-order chi connectivity index (χ0) is 18.3. The molecule has 7 heteroatoms. The maximum Gasteiger partial charge on any atom is 0.252 e. The lowest BCUT2D eigenvalue weighted by molar-refractivity contribution is 0.352. The van der Waals surface area contributed by atoms with Crippen LogP contribution in [-0.2, 0) is 6.42 Å². The third-order valence-corrected chi connectivity index (χ3v) is 5.21. The van der Waals surface area contributed by atoms with E-state index in [1.165, 1.54) is 31.7 Å². The molecule has 0 spiro atoms. The summed E-state index contributed by atoms with van der Waals surface area (Å²) in [6.07, 6.45) is 7.84. The third kappa shape index (κ3) is 2.85. The van der Waals surface area contributed by atoms with Crippen LogP contribution in [0.5, 0.6) is 0 Å². The zero-order valence-corrected chi connectivity index (χ0v) is 14.5. The molecule has 1 aliphatic rings. The van der Waals surface area contributed by atoms with Gasteiger partial charge in [0.1, 0.15) is 6.33 Å². The van der Waals surface area contributed by atoms with Crippen molar-refractivity contribution >= 4 is 5.78 Å². The van der Waals surface area contributed by atoms with Crippen LogP contribution in [0.4, 0.5) is 13.2 Å². The van der Waals surface area contributed by atoms with E-state index in [9.17, 15) is 13.2 Å². The summed E-state index contributed by atoms with van der Waals surface area (Å²) in [7, 11) is 0. The average Bonchev–Trinajstić information content (AvgIpc) is 3.10. The molecule has 0 N–H and O–H groups in total. The Kier molecular flexibility index (Phi) is 4.38. The van der Waals surface area contributed by atoms with Gasteiger partial charge in [0.25, 0.3) is 5.78 Å². The van der Waals surface area contributed by atoms with Crippen molar-refractivity contribution in [3.63, 3.8) is 0 Å². The standard InChI is InChI=1S/C19H19F3N4/c1-11-16(13-7-8-14(20)18(22)17(13)21)15(9-12-5-3-2-4-6-12)26-19(25-11)23-10-24-26/h7-8,10,12H,2-6,9H2,1H3. The molecule has 1 aromatic carbocycles. The Balaban J connectivity index is 1.92. The van der Waals surface area contributed by atoms with E-state index in [4.69, 9.17) is 0 Å². The molecule has 4 rings (SSSR count). The number of fused-ring (bicyclic) bond motifs is 1. The second-order valence-electron chi connectivity index (χ2n) is 6.92. The molecule has 0 unspecified atom stereocenters. The van der Waals surface area contributed by atoms with Crippen molar-refractivity contribution in [3.05, 3.63) is 47.3 Å². The second-order valence-corrected chi connectivity index (χ2v) is 6.92. The van der Waals surface area contributed by atoms with E-state index in [0.717, 1.165) is 24.6 Å². The zero-order valence-electron chi connectivity index (χ0n) is 14.5. The van der Waals surface area contributed by atoms with E-state index in [2.05, 4.69) is 15.1 Å². The number of rotatable bonds is 3. The Hall–Kier alpha value is -2.44. The van der Waals surface area contributed by atoms with Gasteiger partial charge in [-0.05, 0) is 31.4 Å². The number of aryl methyl sites for hydroxylation is 1. The lowest BCUT2D eigenvalue weighted by Crippen LogP contribution is -2.15. The molecule has 0 saturated heterocycles. The van der Waals surface area contributed by atoms with E-state index in [1.54, 1.807) is 11.4 Å². The topological polar surface area (TPSA) is 43.1 Å². The highest BCUT2D eigenvalue weighted by molar-refractivity contribution is 5.70. The van der Waals surface area contributed by atoms with Crippen molar-refractivity contribution < 1.29 is 13.2 Å². The lowest BCUT2D eigenvalue weighted by Gasteiger charge is -2.23. The van der Waals surface area contributed by atoms with Crippen molar-refractivity contribution in [3.8, 4) is 11.1 Å². The Bertz CT molecular complexity index is 961. The molecule has 0 aliphatic heterocycles. The highest BCUT2D eigenvalue weighted by Crippen LogP contribution is 2.35. The van der Waals surface area contributed by atoms with Gasteiger partial charge in [-0.1, -0.05) is 32.1 Å². The van der Waals surface area contributed by atoms with Crippen molar-refractivity contribution in [2.45, 2.75) is 45.4 Å². The maximum absolute atomic E-state index is 14.5. The van der Waals surface area contributed by atoms with Gasteiger partial charge in [0.2, 0.25) is 0 Å². The first kappa shape index (κ1) is 17.0. The highest BCUT2D eigenvalue weighted by atomic mass is 19.2. The van der Waals surface area contributed by atoms with E-state index in [0.29, 0.717) is 29.4 Å². The first-order valence-corrected chi connectivity index (χ1v) is 8.89. The first-order chi connectivity index (χ1) is 12.6. The van der Waals surface area contributed by atoms with Gasteiger partial charge in [-0.25, -0.2) is 22.7 Å². The Morgan fingerprint density at radius 3 is 2.62 bits per heavy atom. The number of hydrogen-bond donors (Lipinski definition) is 0. The van der Waals surface area contributed by atoms with Crippen molar-refractivity contribution in [2.24, 2.45) is 5.92 Å². The Morgan fingerprint density at radius 2 is 1.85 bits per heavy atom. The maximum atomic E-state index is 14.5. The number of benzene rings is 1. The predicted octanol–water partition coefficient (Wildman–Crippen LogP) is 4.64. The summed E-state index contributed by atoms with van der Waals surface area (Å²) in [6.45, 7) is 1.73. The molecule has 1 aliphatic carbocycles. The molecule has 2 aromatic heterocycles. The summed E-state index contributed by atoms with van der Waals surface area (Å²) in [5.41, 5.74) is 1.77. The van der Waals surface area contributed by atoms with E-state index >= 15 is 0 Å². The molecule has 26 heavy (non-hydrogen) atoms. The molecule has 1 fully saturated rings. The molecule has 3 aromatic rings. The minimum atomic E-state index is -1.47. The van der Waals surface area contributed by atoms with Gasteiger partial charge in [0.15, 0.2) is 17.5 Å². The molecule has 0 radical (unpaired) electrons. The van der Waals surface area contributed by atoms with E-state index < -0.39 is 17.5 Å². The fraction of sp³-hybridized carbons (Fsp3) is 0.421. The van der Waals surface area contributed by atoms with Crippen LogP contribution in [-0.4, -0.2) is 19.6 Å². The van der Waals surface area contributed by atoms with Gasteiger partial charge in [-0.3, -0.25) is 0 Å². The highest BCUT2D eigenvalue weighted by Gasteiger charge is 2.24. The lowest BCUT2D eigenvalue weighted by atomic mass is 9.84. The SMILES string of the molecule is Cc1nc2ncnn2c(CC2CCCCC2)c1-c1ccc(F)c(F)c1F. The minimum absolute atomic E-state index is 0.0112. The fourth-order valence-electron chi connectivity index (χ4n) is 3.95. The van der Waals surface area contributed by atoms with Gasteiger partial charge < -0.3 is 0 Å². The molecular formula is C19H19F3N4. The predicted molar refractivity (Wildman–Crippen MR) is 91.1 cm³/mol. The fourth-order valence-corrected chi connectivity index (χ4v) is 3.95. The second kappa shape index (κ2) is 6.70. The summed E-state index contributed by atoms with van der Waals surface area (Å²) in [6, 6.07) is 2.22. The summed E-state index contributed by atoms with van der Waals surface area (Å²) < 4.78 is 43.4. The van der Waals surface area contributed by atoms with Gasteiger partial charge in [0.05, 0.1) is 11.4 Å². The molecule has 0 amide bonds. The number of nitrogens with zero attached hydrogens (tertiary/aromatic N) is 4. The Morgan fingerprint density at radius 1 is 1.08 bits per heavy atom. The summed E-state index contributed by atoms with van der Waals surface area (Å²) >= 11 is 0. The molecule has 0 bridgehead atoms. The number of hydrogen-bond acceptors (Lipinski definition) is 3. The van der Waals surface area contributed by atoms with E-state index in [1.807, 2.05) is 0 Å². The van der Waals surface area contributed by atoms with Crippen LogP contribution in [0.1, 0.15) is 43.5 Å². The molecule has 2 heterocycles.